The molecule has 5 rings (SSSR count). The van der Waals surface area contributed by atoms with Crippen LogP contribution in [-0.2, 0) is 14.3 Å². The fraction of sp³-hybridized carbons (Fsp3) is 0.308. The highest BCUT2D eigenvalue weighted by molar-refractivity contribution is 9.10. The van der Waals surface area contributed by atoms with Crippen LogP contribution in [0.5, 0.6) is 11.5 Å². The zero-order chi connectivity index (χ0) is 24.0. The molecule has 0 radical (unpaired) electrons. The van der Waals surface area contributed by atoms with Crippen LogP contribution in [0.15, 0.2) is 63.9 Å². The van der Waals surface area contributed by atoms with Gasteiger partial charge < -0.3 is 19.5 Å². The van der Waals surface area contributed by atoms with Crippen LogP contribution in [-0.4, -0.2) is 25.2 Å². The minimum Gasteiger partial charge on any atom is -0.463 e. The van der Waals surface area contributed by atoms with Gasteiger partial charge in [0.1, 0.15) is 5.78 Å². The van der Waals surface area contributed by atoms with Crippen LogP contribution < -0.4 is 14.8 Å². The molecule has 3 aliphatic rings. The van der Waals surface area contributed by atoms with E-state index in [0.29, 0.717) is 34.2 Å². The standard InChI is InChI=1S/C26H23BrClNO5/c1-3-32-26(31)23-13(2)29-19-8-15(14-4-6-16(28)7-5-14)9-20(30)25(19)24(23)17-10-21-22(11-18(17)27)34-12-33-21/h4-8,10-11,15,24-25,29H,3,9,12H2,1-2H3. The van der Waals surface area contributed by atoms with Gasteiger partial charge in [0.2, 0.25) is 6.79 Å². The first-order valence-corrected chi connectivity index (χ1v) is 12.3. The van der Waals surface area contributed by atoms with E-state index < -0.39 is 17.8 Å². The zero-order valence-electron chi connectivity index (χ0n) is 18.7. The van der Waals surface area contributed by atoms with Crippen molar-refractivity contribution in [2.24, 2.45) is 5.92 Å². The van der Waals surface area contributed by atoms with Gasteiger partial charge in [0.25, 0.3) is 0 Å². The quantitative estimate of drug-likeness (QED) is 0.504. The number of hydrogen-bond acceptors (Lipinski definition) is 6. The SMILES string of the molecule is CCOC(=O)C1=C(C)NC2=CC(c3ccc(Cl)cc3)CC(=O)C2C1c1cc2c(cc1Br)OCO2. The Balaban J connectivity index is 1.64. The maximum absolute atomic E-state index is 13.7. The molecule has 0 amide bonds. The van der Waals surface area contributed by atoms with E-state index in [1.807, 2.05) is 43.3 Å². The van der Waals surface area contributed by atoms with Crippen molar-refractivity contribution < 1.29 is 23.8 Å². The summed E-state index contributed by atoms with van der Waals surface area (Å²) >= 11 is 9.69. The van der Waals surface area contributed by atoms with Gasteiger partial charge in [0, 0.05) is 39.1 Å². The molecule has 34 heavy (non-hydrogen) atoms. The Hall–Kier alpha value is -2.77. The Kier molecular flexibility index (Phi) is 6.16. The molecule has 2 aliphatic heterocycles. The van der Waals surface area contributed by atoms with E-state index in [1.165, 1.54) is 0 Å². The number of benzene rings is 2. The smallest absolute Gasteiger partial charge is 0.336 e. The lowest BCUT2D eigenvalue weighted by Crippen LogP contribution is -2.42. The van der Waals surface area contributed by atoms with Crippen LogP contribution in [0.2, 0.25) is 5.02 Å². The van der Waals surface area contributed by atoms with E-state index >= 15 is 0 Å². The Morgan fingerprint density at radius 2 is 1.88 bits per heavy atom. The first-order valence-electron chi connectivity index (χ1n) is 11.1. The topological polar surface area (TPSA) is 73.9 Å². The number of Topliss-reactive ketones (excluding diaryl/α,β-unsaturated/α-hetero) is 1. The molecule has 176 valence electrons. The van der Waals surface area contributed by atoms with E-state index in [1.54, 1.807) is 6.92 Å². The fourth-order valence-corrected chi connectivity index (χ4v) is 5.68. The van der Waals surface area contributed by atoms with Crippen LogP contribution in [0.3, 0.4) is 0 Å². The normalized spacial score (nSPS) is 23.2. The number of ether oxygens (including phenoxy) is 3. The highest BCUT2D eigenvalue weighted by Gasteiger charge is 2.46. The van der Waals surface area contributed by atoms with Crippen molar-refractivity contribution in [3.63, 3.8) is 0 Å². The molecule has 0 bridgehead atoms. The number of nitrogens with one attached hydrogen (secondary N) is 1. The molecule has 2 aromatic carbocycles. The minimum atomic E-state index is -0.552. The first kappa shape index (κ1) is 23.0. The molecule has 0 fully saturated rings. The molecule has 0 aromatic heterocycles. The van der Waals surface area contributed by atoms with Gasteiger partial charge in [0.05, 0.1) is 18.1 Å². The highest BCUT2D eigenvalue weighted by Crippen LogP contribution is 2.50. The molecule has 3 atom stereocenters. The molecular formula is C26H23BrClNO5. The summed E-state index contributed by atoms with van der Waals surface area (Å²) in [7, 11) is 0. The van der Waals surface area contributed by atoms with Crippen LogP contribution in [0.25, 0.3) is 0 Å². The lowest BCUT2D eigenvalue weighted by atomic mass is 9.68. The predicted octanol–water partition coefficient (Wildman–Crippen LogP) is 5.61. The molecule has 1 N–H and O–H groups in total. The van der Waals surface area contributed by atoms with Gasteiger partial charge in [-0.05, 0) is 49.2 Å². The Bertz CT molecular complexity index is 1240. The third-order valence-corrected chi connectivity index (χ3v) is 7.42. The summed E-state index contributed by atoms with van der Waals surface area (Å²) in [5.74, 6) is -0.344. The summed E-state index contributed by atoms with van der Waals surface area (Å²) < 4.78 is 17.2. The third-order valence-electron chi connectivity index (χ3n) is 6.48. The van der Waals surface area contributed by atoms with Gasteiger partial charge in [-0.2, -0.15) is 0 Å². The van der Waals surface area contributed by atoms with Gasteiger partial charge in [-0.15, -0.1) is 0 Å². The molecule has 0 spiro atoms. The van der Waals surface area contributed by atoms with Crippen LogP contribution >= 0.6 is 27.5 Å². The summed E-state index contributed by atoms with van der Waals surface area (Å²) in [6.07, 6.45) is 2.42. The molecule has 0 saturated heterocycles. The number of allylic oxidation sites excluding steroid dienone is 3. The number of esters is 1. The van der Waals surface area contributed by atoms with E-state index in [9.17, 15) is 9.59 Å². The molecule has 6 nitrogen and oxygen atoms in total. The number of carbonyl (C=O) groups excluding carboxylic acids is 2. The van der Waals surface area contributed by atoms with E-state index in [-0.39, 0.29) is 25.1 Å². The molecule has 3 unspecified atom stereocenters. The van der Waals surface area contributed by atoms with Crippen molar-refractivity contribution in [3.05, 3.63) is 80.1 Å². The molecule has 1 aliphatic carbocycles. The van der Waals surface area contributed by atoms with Crippen molar-refractivity contribution in [1.82, 2.24) is 5.32 Å². The lowest BCUT2D eigenvalue weighted by Gasteiger charge is -2.39. The van der Waals surface area contributed by atoms with Crippen molar-refractivity contribution in [2.75, 3.05) is 13.4 Å². The van der Waals surface area contributed by atoms with Gasteiger partial charge in [-0.3, -0.25) is 4.79 Å². The van der Waals surface area contributed by atoms with E-state index in [2.05, 4.69) is 27.3 Å². The molecular weight excluding hydrogens is 522 g/mol. The number of ketones is 1. The monoisotopic (exact) mass is 543 g/mol. The van der Waals surface area contributed by atoms with Gasteiger partial charge in [0.15, 0.2) is 11.5 Å². The van der Waals surface area contributed by atoms with Crippen molar-refractivity contribution in [3.8, 4) is 11.5 Å². The Labute approximate surface area is 211 Å². The van der Waals surface area contributed by atoms with Crippen molar-refractivity contribution in [1.29, 1.82) is 0 Å². The second-order valence-electron chi connectivity index (χ2n) is 8.52. The molecule has 8 heteroatoms. The maximum atomic E-state index is 13.7. The Morgan fingerprint density at radius 1 is 1.18 bits per heavy atom. The second-order valence-corrected chi connectivity index (χ2v) is 9.81. The molecule has 2 heterocycles. The lowest BCUT2D eigenvalue weighted by molar-refractivity contribution is -0.139. The van der Waals surface area contributed by atoms with Crippen molar-refractivity contribution in [2.45, 2.75) is 32.1 Å². The predicted molar refractivity (Wildman–Crippen MR) is 131 cm³/mol. The van der Waals surface area contributed by atoms with Crippen LogP contribution in [0.1, 0.15) is 43.2 Å². The maximum Gasteiger partial charge on any atom is 0.336 e. The number of rotatable bonds is 4. The number of carbonyl (C=O) groups is 2. The third kappa shape index (κ3) is 4.01. The van der Waals surface area contributed by atoms with E-state index in [4.69, 9.17) is 25.8 Å². The highest BCUT2D eigenvalue weighted by atomic mass is 79.9. The summed E-state index contributed by atoms with van der Waals surface area (Å²) in [5, 5.41) is 3.99. The molecule has 0 saturated carbocycles. The summed E-state index contributed by atoms with van der Waals surface area (Å²) in [6, 6.07) is 11.2. The van der Waals surface area contributed by atoms with Gasteiger partial charge in [-0.25, -0.2) is 4.79 Å². The van der Waals surface area contributed by atoms with Gasteiger partial charge >= 0.3 is 5.97 Å². The largest absolute Gasteiger partial charge is 0.463 e. The average Bonchev–Trinajstić information content (AvgIpc) is 3.25. The number of hydrogen-bond donors (Lipinski definition) is 1. The molecule has 2 aromatic rings. The van der Waals surface area contributed by atoms with Crippen LogP contribution in [0.4, 0.5) is 0 Å². The van der Waals surface area contributed by atoms with Crippen LogP contribution in [0, 0.1) is 5.92 Å². The fourth-order valence-electron chi connectivity index (χ4n) is 4.98. The summed E-state index contributed by atoms with van der Waals surface area (Å²) in [4.78, 5) is 26.8. The summed E-state index contributed by atoms with van der Waals surface area (Å²) in [5.41, 5.74) is 3.70. The zero-order valence-corrected chi connectivity index (χ0v) is 21.0. The van der Waals surface area contributed by atoms with Gasteiger partial charge in [-0.1, -0.05) is 45.7 Å². The Morgan fingerprint density at radius 3 is 2.59 bits per heavy atom. The second kappa shape index (κ2) is 9.12. The summed E-state index contributed by atoms with van der Waals surface area (Å²) in [6.45, 7) is 3.98. The average molecular weight is 545 g/mol. The van der Waals surface area contributed by atoms with Crippen molar-refractivity contribution >= 4 is 39.3 Å². The number of halogens is 2. The number of fused-ring (bicyclic) bond motifs is 2. The van der Waals surface area contributed by atoms with E-state index in [0.717, 1.165) is 21.3 Å². The first-order chi connectivity index (χ1) is 16.4. The minimum absolute atomic E-state index is 0.0498.